The van der Waals surface area contributed by atoms with Crippen molar-refractivity contribution in [3.8, 4) is 0 Å². The molecule has 0 spiro atoms. The van der Waals surface area contributed by atoms with Gasteiger partial charge in [-0.05, 0) is 30.2 Å². The predicted octanol–water partition coefficient (Wildman–Crippen LogP) is 3.70. The van der Waals surface area contributed by atoms with Crippen LogP contribution in [0.2, 0.25) is 5.02 Å². The number of rotatable bonds is 3. The van der Waals surface area contributed by atoms with Gasteiger partial charge in [0.2, 0.25) is 0 Å². The normalized spacial score (nSPS) is 16.8. The van der Waals surface area contributed by atoms with Crippen LogP contribution in [0.25, 0.3) is 0 Å². The molecule has 1 nitrogen and oxygen atoms in total. The summed E-state index contributed by atoms with van der Waals surface area (Å²) in [6, 6.07) is 11.3. The van der Waals surface area contributed by atoms with E-state index in [9.17, 15) is 8.78 Å². The molecule has 0 amide bonds. The molecule has 0 saturated carbocycles. The smallest absolute Gasteiger partial charge is 0.127 e. The molecule has 1 N–H and O–H groups in total. The quantitative estimate of drug-likeness (QED) is 0.910. The summed E-state index contributed by atoms with van der Waals surface area (Å²) in [6.07, 6.45) is 0.395. The third kappa shape index (κ3) is 2.21. The Morgan fingerprint density at radius 2 is 1.70 bits per heavy atom. The maximum absolute atomic E-state index is 14.1. The van der Waals surface area contributed by atoms with Crippen molar-refractivity contribution in [3.63, 3.8) is 0 Å². The van der Waals surface area contributed by atoms with Crippen molar-refractivity contribution in [2.24, 2.45) is 0 Å². The van der Waals surface area contributed by atoms with E-state index in [4.69, 9.17) is 11.6 Å². The molecule has 1 saturated heterocycles. The Bertz CT molecular complexity index is 618. The lowest BCUT2D eigenvalue weighted by molar-refractivity contribution is 0.263. The summed E-state index contributed by atoms with van der Waals surface area (Å²) >= 11 is 6.09. The van der Waals surface area contributed by atoms with Crippen LogP contribution in [-0.2, 0) is 11.8 Å². The monoisotopic (exact) mass is 293 g/mol. The summed E-state index contributed by atoms with van der Waals surface area (Å²) in [4.78, 5) is 0. The van der Waals surface area contributed by atoms with Gasteiger partial charge in [-0.15, -0.1) is 0 Å². The number of hydrogen-bond donors (Lipinski definition) is 1. The first-order valence-corrected chi connectivity index (χ1v) is 6.89. The van der Waals surface area contributed by atoms with E-state index in [1.165, 1.54) is 12.1 Å². The molecule has 1 aliphatic heterocycles. The van der Waals surface area contributed by atoms with Gasteiger partial charge in [0.25, 0.3) is 0 Å². The highest BCUT2D eigenvalue weighted by Crippen LogP contribution is 2.36. The molecule has 0 radical (unpaired) electrons. The summed E-state index contributed by atoms with van der Waals surface area (Å²) in [7, 11) is 0. The molecule has 3 rings (SSSR count). The Labute approximate surface area is 121 Å². The van der Waals surface area contributed by atoms with E-state index >= 15 is 0 Å². The summed E-state index contributed by atoms with van der Waals surface area (Å²) in [6.45, 7) is 1.25. The van der Waals surface area contributed by atoms with Crippen LogP contribution in [0.5, 0.6) is 0 Å². The zero-order chi connectivity index (χ0) is 14.2. The first kappa shape index (κ1) is 13.5. The van der Waals surface area contributed by atoms with Crippen LogP contribution in [0.4, 0.5) is 8.78 Å². The minimum absolute atomic E-state index is 0.249. The second kappa shape index (κ2) is 5.15. The molecule has 0 aliphatic carbocycles. The van der Waals surface area contributed by atoms with Crippen LogP contribution >= 0.6 is 11.6 Å². The zero-order valence-electron chi connectivity index (χ0n) is 10.8. The predicted molar refractivity (Wildman–Crippen MR) is 76.1 cm³/mol. The number of halogens is 3. The lowest BCUT2D eigenvalue weighted by atomic mass is 9.70. The van der Waals surface area contributed by atoms with Crippen molar-refractivity contribution in [2.75, 3.05) is 13.1 Å². The van der Waals surface area contributed by atoms with Gasteiger partial charge in [0.05, 0.1) is 0 Å². The minimum Gasteiger partial charge on any atom is -0.315 e. The molecule has 0 aromatic heterocycles. The van der Waals surface area contributed by atoms with Gasteiger partial charge in [0, 0.05) is 29.1 Å². The Morgan fingerprint density at radius 3 is 2.30 bits per heavy atom. The van der Waals surface area contributed by atoms with E-state index in [2.05, 4.69) is 5.32 Å². The fraction of sp³-hybridized carbons (Fsp3) is 0.250. The van der Waals surface area contributed by atoms with Crippen LogP contribution in [0.15, 0.2) is 42.5 Å². The summed E-state index contributed by atoms with van der Waals surface area (Å²) in [5.41, 5.74) is 0.661. The third-order valence-electron chi connectivity index (χ3n) is 3.95. The van der Waals surface area contributed by atoms with Crippen molar-refractivity contribution in [3.05, 3.63) is 70.2 Å². The molecule has 2 aromatic carbocycles. The Kier molecular flexibility index (Phi) is 3.48. The highest BCUT2D eigenvalue weighted by Gasteiger charge is 2.41. The van der Waals surface area contributed by atoms with Gasteiger partial charge >= 0.3 is 0 Å². The van der Waals surface area contributed by atoms with Gasteiger partial charge in [0.1, 0.15) is 11.6 Å². The lowest BCUT2D eigenvalue weighted by Gasteiger charge is -2.43. The molecule has 1 heterocycles. The average molecular weight is 294 g/mol. The van der Waals surface area contributed by atoms with Gasteiger partial charge in [-0.2, -0.15) is 0 Å². The highest BCUT2D eigenvalue weighted by molar-refractivity contribution is 6.31. The van der Waals surface area contributed by atoms with Gasteiger partial charge in [-0.25, -0.2) is 8.78 Å². The van der Waals surface area contributed by atoms with Crippen LogP contribution in [-0.4, -0.2) is 13.1 Å². The molecular weight excluding hydrogens is 280 g/mol. The Balaban J connectivity index is 2.01. The number of nitrogens with one attached hydrogen (secondary N) is 1. The zero-order valence-corrected chi connectivity index (χ0v) is 11.6. The summed E-state index contributed by atoms with van der Waals surface area (Å²) in [5.74, 6) is -0.582. The van der Waals surface area contributed by atoms with Crippen molar-refractivity contribution in [2.45, 2.75) is 11.8 Å². The van der Waals surface area contributed by atoms with E-state index in [1.54, 1.807) is 30.3 Å². The van der Waals surface area contributed by atoms with Gasteiger partial charge < -0.3 is 5.32 Å². The first-order chi connectivity index (χ1) is 9.62. The fourth-order valence-corrected chi connectivity index (χ4v) is 3.00. The topological polar surface area (TPSA) is 12.0 Å². The average Bonchev–Trinajstić information content (AvgIpc) is 2.38. The maximum atomic E-state index is 14.1. The lowest BCUT2D eigenvalue weighted by Crippen LogP contribution is -2.58. The van der Waals surface area contributed by atoms with Gasteiger partial charge in [-0.3, -0.25) is 0 Å². The minimum atomic E-state index is -0.419. The molecule has 4 heteroatoms. The fourth-order valence-electron chi connectivity index (χ4n) is 2.77. The van der Waals surface area contributed by atoms with Crippen LogP contribution in [0.1, 0.15) is 11.1 Å². The third-order valence-corrected chi connectivity index (χ3v) is 4.30. The van der Waals surface area contributed by atoms with E-state index in [-0.39, 0.29) is 11.6 Å². The molecule has 2 aromatic rings. The number of hydrogen-bond acceptors (Lipinski definition) is 1. The summed E-state index contributed by atoms with van der Waals surface area (Å²) in [5, 5.41) is 3.55. The second-order valence-corrected chi connectivity index (χ2v) is 5.65. The Hall–Kier alpha value is -1.45. The number of benzene rings is 2. The van der Waals surface area contributed by atoms with E-state index < -0.39 is 5.41 Å². The van der Waals surface area contributed by atoms with Gasteiger partial charge in [-0.1, -0.05) is 35.9 Å². The molecule has 0 unspecified atom stereocenters. The molecule has 20 heavy (non-hydrogen) atoms. The molecular formula is C16H14ClF2N. The van der Waals surface area contributed by atoms with Crippen molar-refractivity contribution in [1.82, 2.24) is 5.32 Å². The van der Waals surface area contributed by atoms with Crippen molar-refractivity contribution < 1.29 is 8.78 Å². The molecule has 0 bridgehead atoms. The molecule has 104 valence electrons. The van der Waals surface area contributed by atoms with E-state index in [0.717, 1.165) is 0 Å². The molecule has 0 atom stereocenters. The van der Waals surface area contributed by atoms with Crippen LogP contribution in [0, 0.1) is 11.6 Å². The Morgan fingerprint density at radius 1 is 1.00 bits per heavy atom. The van der Waals surface area contributed by atoms with Crippen LogP contribution in [0.3, 0.4) is 0 Å². The van der Waals surface area contributed by atoms with Crippen molar-refractivity contribution in [1.29, 1.82) is 0 Å². The highest BCUT2D eigenvalue weighted by atomic mass is 35.5. The second-order valence-electron chi connectivity index (χ2n) is 5.24. The van der Waals surface area contributed by atoms with Gasteiger partial charge in [0.15, 0.2) is 0 Å². The van der Waals surface area contributed by atoms with Crippen molar-refractivity contribution >= 4 is 11.6 Å². The van der Waals surface area contributed by atoms with E-state index in [0.29, 0.717) is 35.7 Å². The summed E-state index contributed by atoms with van der Waals surface area (Å²) < 4.78 is 28.0. The SMILES string of the molecule is Fc1ccccc1C1(Cc2c(F)cccc2Cl)CNC1. The maximum Gasteiger partial charge on any atom is 0.127 e. The largest absolute Gasteiger partial charge is 0.315 e. The van der Waals surface area contributed by atoms with E-state index in [1.807, 2.05) is 0 Å². The molecule has 1 aliphatic rings. The first-order valence-electron chi connectivity index (χ1n) is 6.51. The standard InChI is InChI=1S/C16H14ClF2N/c17-13-5-3-7-14(18)11(13)8-16(9-20-10-16)12-4-1-2-6-15(12)19/h1-7,20H,8-10H2. The molecule has 1 fully saturated rings. The van der Waals surface area contributed by atoms with Crippen LogP contribution < -0.4 is 5.32 Å².